The van der Waals surface area contributed by atoms with Gasteiger partial charge in [-0.3, -0.25) is 4.90 Å². The van der Waals surface area contributed by atoms with Crippen molar-refractivity contribution in [3.63, 3.8) is 0 Å². The molecule has 34 heavy (non-hydrogen) atoms. The standard InChI is InChI=1S/C26H29N5OS2/c1-3-9-20-17(6-1)23-24(28-22(29-26(23)33-20)16-30-12-14-32-15-13-30)31-11-5-8-19(31)25-27-18-7-2-4-10-21(18)34-25/h2,4,7,10,19H,1,3,5-6,8-9,11-16H2/t19-/m1/s1. The van der Waals surface area contributed by atoms with Gasteiger partial charge < -0.3 is 9.64 Å². The molecule has 8 heteroatoms. The van der Waals surface area contributed by atoms with E-state index in [0.29, 0.717) is 6.04 Å². The van der Waals surface area contributed by atoms with E-state index >= 15 is 0 Å². The maximum atomic E-state index is 5.56. The van der Waals surface area contributed by atoms with Gasteiger partial charge in [0.25, 0.3) is 0 Å². The number of aryl methyl sites for hydroxylation is 2. The van der Waals surface area contributed by atoms with Crippen LogP contribution in [0.2, 0.25) is 0 Å². The van der Waals surface area contributed by atoms with Gasteiger partial charge in [-0.2, -0.15) is 0 Å². The van der Waals surface area contributed by atoms with Crippen molar-refractivity contribution in [2.75, 3.05) is 37.7 Å². The minimum Gasteiger partial charge on any atom is -0.379 e. The Morgan fingerprint density at radius 1 is 0.941 bits per heavy atom. The van der Waals surface area contributed by atoms with Crippen LogP contribution in [0.4, 0.5) is 5.82 Å². The molecular formula is C26H29N5OS2. The van der Waals surface area contributed by atoms with Crippen LogP contribution in [0.25, 0.3) is 20.4 Å². The lowest BCUT2D eigenvalue weighted by Gasteiger charge is -2.28. The monoisotopic (exact) mass is 491 g/mol. The first-order chi connectivity index (χ1) is 16.8. The van der Waals surface area contributed by atoms with E-state index in [-0.39, 0.29) is 0 Å². The summed E-state index contributed by atoms with van der Waals surface area (Å²) in [7, 11) is 0. The number of thiazole rings is 1. The van der Waals surface area contributed by atoms with Crippen LogP contribution in [-0.2, 0) is 24.1 Å². The Hall–Kier alpha value is -2.13. The summed E-state index contributed by atoms with van der Waals surface area (Å²) in [5, 5.41) is 2.56. The fourth-order valence-corrected chi connectivity index (χ4v) is 8.12. The number of anilines is 1. The van der Waals surface area contributed by atoms with Crippen molar-refractivity contribution in [2.45, 2.75) is 51.1 Å². The maximum absolute atomic E-state index is 5.56. The van der Waals surface area contributed by atoms with Gasteiger partial charge in [0.1, 0.15) is 21.5 Å². The zero-order chi connectivity index (χ0) is 22.5. The lowest BCUT2D eigenvalue weighted by molar-refractivity contribution is 0.0331. The Morgan fingerprint density at radius 2 is 1.82 bits per heavy atom. The van der Waals surface area contributed by atoms with Gasteiger partial charge >= 0.3 is 0 Å². The van der Waals surface area contributed by atoms with Crippen LogP contribution in [0.15, 0.2) is 24.3 Å². The van der Waals surface area contributed by atoms with Crippen LogP contribution < -0.4 is 4.90 Å². The molecule has 4 aromatic rings. The molecule has 7 rings (SSSR count). The van der Waals surface area contributed by atoms with Crippen molar-refractivity contribution in [3.8, 4) is 0 Å². The molecule has 3 aromatic heterocycles. The third kappa shape index (κ3) is 3.71. The highest BCUT2D eigenvalue weighted by Gasteiger charge is 2.33. The number of hydrogen-bond donors (Lipinski definition) is 0. The summed E-state index contributed by atoms with van der Waals surface area (Å²) in [4.78, 5) is 23.2. The Bertz CT molecular complexity index is 1310. The molecule has 1 aliphatic carbocycles. The molecule has 0 N–H and O–H groups in total. The minimum atomic E-state index is 0.297. The molecule has 0 spiro atoms. The van der Waals surface area contributed by atoms with Gasteiger partial charge in [0.05, 0.1) is 41.4 Å². The number of fused-ring (bicyclic) bond motifs is 4. The Kier molecular flexibility index (Phi) is 5.50. The zero-order valence-electron chi connectivity index (χ0n) is 19.3. The second-order valence-electron chi connectivity index (χ2n) is 9.61. The van der Waals surface area contributed by atoms with Crippen molar-refractivity contribution < 1.29 is 4.74 Å². The summed E-state index contributed by atoms with van der Waals surface area (Å²) in [6, 6.07) is 8.81. The molecule has 0 bridgehead atoms. The number of ether oxygens (including phenoxy) is 1. The van der Waals surface area contributed by atoms with E-state index in [9.17, 15) is 0 Å². The van der Waals surface area contributed by atoms with E-state index in [4.69, 9.17) is 19.7 Å². The van der Waals surface area contributed by atoms with E-state index in [0.717, 1.165) is 69.4 Å². The lowest BCUT2D eigenvalue weighted by Crippen LogP contribution is -2.36. The highest BCUT2D eigenvalue weighted by molar-refractivity contribution is 7.19. The number of benzene rings is 1. The molecule has 0 unspecified atom stereocenters. The summed E-state index contributed by atoms with van der Waals surface area (Å²) in [5.41, 5.74) is 2.64. The van der Waals surface area contributed by atoms with Crippen LogP contribution in [0.1, 0.15) is 53.0 Å². The average molecular weight is 492 g/mol. The number of para-hydroxylation sites is 1. The van der Waals surface area contributed by atoms with Gasteiger partial charge in [-0.25, -0.2) is 15.0 Å². The number of morpholine rings is 1. The average Bonchev–Trinajstić information content (AvgIpc) is 3.60. The summed E-state index contributed by atoms with van der Waals surface area (Å²) >= 11 is 3.76. The van der Waals surface area contributed by atoms with Crippen LogP contribution in [0.3, 0.4) is 0 Å². The molecule has 1 atom stereocenters. The summed E-state index contributed by atoms with van der Waals surface area (Å²) in [6.07, 6.45) is 7.23. The Morgan fingerprint density at radius 3 is 2.74 bits per heavy atom. The number of nitrogens with zero attached hydrogens (tertiary/aromatic N) is 5. The van der Waals surface area contributed by atoms with Crippen molar-refractivity contribution >= 4 is 48.9 Å². The molecule has 0 radical (unpaired) electrons. The molecule has 0 saturated carbocycles. The summed E-state index contributed by atoms with van der Waals surface area (Å²) < 4.78 is 6.84. The van der Waals surface area contributed by atoms with Crippen LogP contribution >= 0.6 is 22.7 Å². The smallest absolute Gasteiger partial charge is 0.146 e. The highest BCUT2D eigenvalue weighted by Crippen LogP contribution is 2.45. The topological polar surface area (TPSA) is 54.4 Å². The fraction of sp³-hybridized carbons (Fsp3) is 0.500. The third-order valence-corrected chi connectivity index (χ3v) is 9.75. The van der Waals surface area contributed by atoms with E-state index < -0.39 is 0 Å². The summed E-state index contributed by atoms with van der Waals surface area (Å²) in [6.45, 7) is 5.34. The predicted molar refractivity (Wildman–Crippen MR) is 139 cm³/mol. The molecule has 0 amide bonds. The van der Waals surface area contributed by atoms with Gasteiger partial charge in [0.15, 0.2) is 0 Å². The number of hydrogen-bond acceptors (Lipinski definition) is 8. The molecule has 3 aliphatic rings. The van der Waals surface area contributed by atoms with E-state index in [2.05, 4.69) is 34.1 Å². The first kappa shape index (κ1) is 21.2. The van der Waals surface area contributed by atoms with Crippen LogP contribution in [0, 0.1) is 0 Å². The van der Waals surface area contributed by atoms with Gasteiger partial charge in [-0.05, 0) is 56.2 Å². The molecule has 176 valence electrons. The molecule has 6 nitrogen and oxygen atoms in total. The second-order valence-corrected chi connectivity index (χ2v) is 11.8. The predicted octanol–water partition coefficient (Wildman–Crippen LogP) is 5.35. The molecule has 1 aromatic carbocycles. The fourth-order valence-electron chi connectivity index (χ4n) is 5.73. The van der Waals surface area contributed by atoms with E-state index in [1.165, 1.54) is 56.0 Å². The normalized spacial score (nSPS) is 21.5. The Labute approximate surface area is 207 Å². The molecule has 5 heterocycles. The highest BCUT2D eigenvalue weighted by atomic mass is 32.1. The SMILES string of the molecule is c1ccc2sc([C@H]3CCCN3c3nc(CN4CCOCC4)nc4sc5c(c34)CCCC5)nc2c1. The molecule has 2 aliphatic heterocycles. The van der Waals surface area contributed by atoms with Gasteiger partial charge in [-0.15, -0.1) is 22.7 Å². The van der Waals surface area contributed by atoms with Gasteiger partial charge in [-0.1, -0.05) is 12.1 Å². The first-order valence-corrected chi connectivity index (χ1v) is 14.2. The van der Waals surface area contributed by atoms with Crippen molar-refractivity contribution in [3.05, 3.63) is 45.5 Å². The first-order valence-electron chi connectivity index (χ1n) is 12.6. The largest absolute Gasteiger partial charge is 0.379 e. The van der Waals surface area contributed by atoms with Gasteiger partial charge in [0.2, 0.25) is 0 Å². The van der Waals surface area contributed by atoms with Crippen molar-refractivity contribution in [2.24, 2.45) is 0 Å². The van der Waals surface area contributed by atoms with Crippen molar-refractivity contribution in [1.29, 1.82) is 0 Å². The van der Waals surface area contributed by atoms with E-state index in [1.54, 1.807) is 0 Å². The number of rotatable bonds is 4. The second kappa shape index (κ2) is 8.82. The third-order valence-electron chi connectivity index (χ3n) is 7.43. The molecule has 2 fully saturated rings. The Balaban J connectivity index is 1.33. The maximum Gasteiger partial charge on any atom is 0.146 e. The number of aromatic nitrogens is 3. The zero-order valence-corrected chi connectivity index (χ0v) is 21.0. The van der Waals surface area contributed by atoms with Gasteiger partial charge in [0, 0.05) is 24.5 Å². The summed E-state index contributed by atoms with van der Waals surface area (Å²) in [5.74, 6) is 2.12. The molecular weight excluding hydrogens is 462 g/mol. The van der Waals surface area contributed by atoms with Crippen LogP contribution in [-0.4, -0.2) is 52.7 Å². The number of thiophene rings is 1. The lowest BCUT2D eigenvalue weighted by atomic mass is 9.97. The van der Waals surface area contributed by atoms with Crippen molar-refractivity contribution in [1.82, 2.24) is 19.9 Å². The minimum absolute atomic E-state index is 0.297. The van der Waals surface area contributed by atoms with E-state index in [1.807, 2.05) is 22.7 Å². The van der Waals surface area contributed by atoms with Crippen LogP contribution in [0.5, 0.6) is 0 Å². The quantitative estimate of drug-likeness (QED) is 0.383. The molecule has 2 saturated heterocycles.